The van der Waals surface area contributed by atoms with Crippen molar-refractivity contribution < 1.29 is 4.79 Å². The highest BCUT2D eigenvalue weighted by Gasteiger charge is 2.25. The highest BCUT2D eigenvalue weighted by Crippen LogP contribution is 2.30. The summed E-state index contributed by atoms with van der Waals surface area (Å²) in [5.74, 6) is 0.0555. The number of hydrogen-bond donors (Lipinski definition) is 1. The Morgan fingerprint density at radius 1 is 1.16 bits per heavy atom. The fourth-order valence-corrected chi connectivity index (χ4v) is 2.74. The normalized spacial score (nSPS) is 13.4. The van der Waals surface area contributed by atoms with Gasteiger partial charge in [-0.15, -0.1) is 0 Å². The molecule has 96 valence electrons. The third-order valence-electron chi connectivity index (χ3n) is 3.34. The second kappa shape index (κ2) is 4.85. The summed E-state index contributed by atoms with van der Waals surface area (Å²) in [7, 11) is 0. The van der Waals surface area contributed by atoms with Gasteiger partial charge < -0.3 is 10.6 Å². The maximum atomic E-state index is 12.5. The van der Waals surface area contributed by atoms with E-state index in [1.807, 2.05) is 47.4 Å². The molecule has 2 aromatic carbocycles. The molecule has 0 spiro atoms. The molecule has 0 saturated heterocycles. The first-order valence-corrected chi connectivity index (χ1v) is 7.19. The third-order valence-corrected chi connectivity index (χ3v) is 4.05. The van der Waals surface area contributed by atoms with Gasteiger partial charge in [-0.3, -0.25) is 4.79 Å². The van der Waals surface area contributed by atoms with E-state index in [9.17, 15) is 4.79 Å². The average molecular weight is 364 g/mol. The molecule has 0 saturated carbocycles. The summed E-state index contributed by atoms with van der Waals surface area (Å²) in [6.07, 6.45) is 0.872. The van der Waals surface area contributed by atoms with Crippen molar-refractivity contribution in [2.45, 2.75) is 6.42 Å². The molecule has 2 N–H and O–H groups in total. The fourth-order valence-electron chi connectivity index (χ4n) is 2.38. The molecule has 1 aliphatic heterocycles. The van der Waals surface area contributed by atoms with Crippen LogP contribution in [-0.2, 0) is 6.42 Å². The van der Waals surface area contributed by atoms with Crippen LogP contribution in [0.3, 0.4) is 0 Å². The van der Waals surface area contributed by atoms with Crippen molar-refractivity contribution in [2.75, 3.05) is 17.2 Å². The second-order valence-electron chi connectivity index (χ2n) is 4.60. The zero-order valence-electron chi connectivity index (χ0n) is 10.3. The van der Waals surface area contributed by atoms with Crippen molar-refractivity contribution in [3.8, 4) is 0 Å². The Balaban J connectivity index is 1.93. The number of nitrogens with zero attached hydrogens (tertiary/aromatic N) is 1. The first-order valence-electron chi connectivity index (χ1n) is 6.11. The predicted octanol–water partition coefficient (Wildman–Crippen LogP) is 3.08. The maximum Gasteiger partial charge on any atom is 0.258 e. The van der Waals surface area contributed by atoms with E-state index in [1.54, 1.807) is 0 Å². The molecule has 0 fully saturated rings. The number of benzene rings is 2. The van der Waals surface area contributed by atoms with Gasteiger partial charge in [0.1, 0.15) is 0 Å². The van der Waals surface area contributed by atoms with Gasteiger partial charge in [0.2, 0.25) is 0 Å². The van der Waals surface area contributed by atoms with Crippen molar-refractivity contribution in [1.82, 2.24) is 0 Å². The van der Waals surface area contributed by atoms with E-state index >= 15 is 0 Å². The Morgan fingerprint density at radius 3 is 2.63 bits per heavy atom. The number of halogens is 1. The number of nitrogens with two attached hydrogens (primary N) is 1. The van der Waals surface area contributed by atoms with E-state index in [0.29, 0.717) is 0 Å². The summed E-state index contributed by atoms with van der Waals surface area (Å²) in [5.41, 5.74) is 9.39. The van der Waals surface area contributed by atoms with Crippen LogP contribution < -0.4 is 10.6 Å². The Morgan fingerprint density at radius 2 is 1.89 bits per heavy atom. The molecule has 3 nitrogen and oxygen atoms in total. The molecule has 0 aromatic heterocycles. The van der Waals surface area contributed by atoms with Crippen molar-refractivity contribution >= 4 is 39.9 Å². The van der Waals surface area contributed by atoms with E-state index in [0.717, 1.165) is 39.0 Å². The van der Waals surface area contributed by atoms with Crippen LogP contribution in [0.5, 0.6) is 0 Å². The van der Waals surface area contributed by atoms with Gasteiger partial charge in [-0.05, 0) is 77.0 Å². The van der Waals surface area contributed by atoms with Crippen LogP contribution in [0.2, 0.25) is 0 Å². The minimum Gasteiger partial charge on any atom is -0.399 e. The summed E-state index contributed by atoms with van der Waals surface area (Å²) in [6.45, 7) is 0.726. The molecule has 2 aromatic rings. The summed E-state index contributed by atoms with van der Waals surface area (Å²) < 4.78 is 1.13. The molecule has 1 heterocycles. The van der Waals surface area contributed by atoms with E-state index in [4.69, 9.17) is 5.73 Å². The van der Waals surface area contributed by atoms with Crippen LogP contribution in [0, 0.1) is 3.57 Å². The number of anilines is 2. The van der Waals surface area contributed by atoms with Crippen LogP contribution in [0.4, 0.5) is 11.4 Å². The Hall–Kier alpha value is -1.56. The Labute approximate surface area is 125 Å². The van der Waals surface area contributed by atoms with E-state index in [-0.39, 0.29) is 5.91 Å². The molecule has 0 aliphatic carbocycles. The molecule has 19 heavy (non-hydrogen) atoms. The Bertz CT molecular complexity index is 637. The van der Waals surface area contributed by atoms with Crippen LogP contribution in [0.1, 0.15) is 15.9 Å². The SMILES string of the molecule is Nc1ccc2c(c1)CCN2C(=O)c1ccc(I)cc1. The zero-order chi connectivity index (χ0) is 13.4. The van der Waals surface area contributed by atoms with Crippen LogP contribution in [-0.4, -0.2) is 12.5 Å². The second-order valence-corrected chi connectivity index (χ2v) is 5.85. The quantitative estimate of drug-likeness (QED) is 0.625. The molecule has 0 atom stereocenters. The van der Waals surface area contributed by atoms with Crippen LogP contribution >= 0.6 is 22.6 Å². The van der Waals surface area contributed by atoms with Gasteiger partial charge in [0.25, 0.3) is 5.91 Å². The first kappa shape index (κ1) is 12.5. The molecular weight excluding hydrogens is 351 g/mol. The monoisotopic (exact) mass is 364 g/mol. The minimum absolute atomic E-state index is 0.0555. The standard InChI is InChI=1S/C15H13IN2O/c16-12-3-1-10(2-4-12)15(19)18-8-7-11-9-13(17)5-6-14(11)18/h1-6,9H,7-8,17H2. The highest BCUT2D eigenvalue weighted by molar-refractivity contribution is 14.1. The Kier molecular flexibility index (Phi) is 3.18. The number of carbonyl (C=O) groups is 1. The molecule has 1 amide bonds. The van der Waals surface area contributed by atoms with Crippen LogP contribution in [0.15, 0.2) is 42.5 Å². The van der Waals surface area contributed by atoms with Gasteiger partial charge in [-0.2, -0.15) is 0 Å². The van der Waals surface area contributed by atoms with Gasteiger partial charge in [0.05, 0.1) is 0 Å². The number of carbonyl (C=O) groups excluding carboxylic acids is 1. The van der Waals surface area contributed by atoms with Crippen LogP contribution in [0.25, 0.3) is 0 Å². The summed E-state index contributed by atoms with van der Waals surface area (Å²) in [4.78, 5) is 14.3. The molecular formula is C15H13IN2O. The van der Waals surface area contributed by atoms with Crippen molar-refractivity contribution in [2.24, 2.45) is 0 Å². The van der Waals surface area contributed by atoms with E-state index in [1.165, 1.54) is 0 Å². The summed E-state index contributed by atoms with van der Waals surface area (Å²) in [5, 5.41) is 0. The van der Waals surface area contributed by atoms with Gasteiger partial charge in [-0.25, -0.2) is 0 Å². The highest BCUT2D eigenvalue weighted by atomic mass is 127. The van der Waals surface area contributed by atoms with Crippen molar-refractivity contribution in [3.63, 3.8) is 0 Å². The first-order chi connectivity index (χ1) is 9.15. The zero-order valence-corrected chi connectivity index (χ0v) is 12.4. The fraction of sp³-hybridized carbons (Fsp3) is 0.133. The van der Waals surface area contributed by atoms with Gasteiger partial charge in [-0.1, -0.05) is 0 Å². The van der Waals surface area contributed by atoms with E-state index in [2.05, 4.69) is 22.6 Å². The lowest BCUT2D eigenvalue weighted by molar-refractivity contribution is 0.0989. The number of nitrogen functional groups attached to an aromatic ring is 1. The van der Waals surface area contributed by atoms with Gasteiger partial charge in [0, 0.05) is 27.1 Å². The lowest BCUT2D eigenvalue weighted by Gasteiger charge is -2.17. The topological polar surface area (TPSA) is 46.3 Å². The predicted molar refractivity (Wildman–Crippen MR) is 85.4 cm³/mol. The van der Waals surface area contributed by atoms with Crippen molar-refractivity contribution in [3.05, 3.63) is 57.2 Å². The molecule has 1 aliphatic rings. The number of amides is 1. The molecule has 4 heteroatoms. The molecule has 0 radical (unpaired) electrons. The average Bonchev–Trinajstić information content (AvgIpc) is 2.81. The van der Waals surface area contributed by atoms with Gasteiger partial charge >= 0.3 is 0 Å². The molecule has 0 unspecified atom stereocenters. The van der Waals surface area contributed by atoms with E-state index < -0.39 is 0 Å². The number of rotatable bonds is 1. The van der Waals surface area contributed by atoms with Crippen molar-refractivity contribution in [1.29, 1.82) is 0 Å². The minimum atomic E-state index is 0.0555. The largest absolute Gasteiger partial charge is 0.399 e. The lowest BCUT2D eigenvalue weighted by atomic mass is 10.1. The maximum absolute atomic E-state index is 12.5. The smallest absolute Gasteiger partial charge is 0.258 e. The van der Waals surface area contributed by atoms with Gasteiger partial charge in [0.15, 0.2) is 0 Å². The molecule has 0 bridgehead atoms. The summed E-state index contributed by atoms with van der Waals surface area (Å²) in [6, 6.07) is 13.4. The number of hydrogen-bond acceptors (Lipinski definition) is 2. The molecule has 3 rings (SSSR count). The lowest BCUT2D eigenvalue weighted by Crippen LogP contribution is -2.28. The summed E-state index contributed by atoms with van der Waals surface area (Å²) >= 11 is 2.23. The number of fused-ring (bicyclic) bond motifs is 1. The third kappa shape index (κ3) is 2.32.